The Hall–Kier alpha value is -1.35. The lowest BCUT2D eigenvalue weighted by Gasteiger charge is -2.33. The Morgan fingerprint density at radius 3 is 2.95 bits per heavy atom. The summed E-state index contributed by atoms with van der Waals surface area (Å²) in [6, 6.07) is 6.79. The standard InChI is InChI=1S/C17H23NO2/c1-20-17(19)16-7-2-3-10-18(16)12-13-8-9-14-5-4-6-15(14)11-13/h8-9,11,16H,2-7,10,12H2,1H3. The van der Waals surface area contributed by atoms with Gasteiger partial charge in [0, 0.05) is 6.54 Å². The van der Waals surface area contributed by atoms with Crippen molar-refractivity contribution < 1.29 is 9.53 Å². The topological polar surface area (TPSA) is 29.5 Å². The van der Waals surface area contributed by atoms with Crippen molar-refractivity contribution in [1.29, 1.82) is 0 Å². The molecular formula is C17H23NO2. The molecule has 1 saturated heterocycles. The molecule has 0 spiro atoms. The zero-order chi connectivity index (χ0) is 13.9. The summed E-state index contributed by atoms with van der Waals surface area (Å²) in [6.45, 7) is 1.86. The van der Waals surface area contributed by atoms with Gasteiger partial charge < -0.3 is 4.74 Å². The van der Waals surface area contributed by atoms with Crippen LogP contribution in [0.4, 0.5) is 0 Å². The Labute approximate surface area is 120 Å². The van der Waals surface area contributed by atoms with Crippen LogP contribution in [0, 0.1) is 0 Å². The molecule has 0 saturated carbocycles. The van der Waals surface area contributed by atoms with E-state index in [0.29, 0.717) is 0 Å². The van der Waals surface area contributed by atoms with Crippen LogP contribution in [0.3, 0.4) is 0 Å². The van der Waals surface area contributed by atoms with Crippen LogP contribution >= 0.6 is 0 Å². The number of benzene rings is 1. The number of likely N-dealkylation sites (tertiary alicyclic amines) is 1. The first-order valence-electron chi connectivity index (χ1n) is 7.70. The molecule has 0 amide bonds. The Morgan fingerprint density at radius 1 is 1.25 bits per heavy atom. The Balaban J connectivity index is 1.73. The molecule has 2 aliphatic rings. The number of nitrogens with zero attached hydrogens (tertiary/aromatic N) is 1. The summed E-state index contributed by atoms with van der Waals surface area (Å²) in [5.74, 6) is -0.0779. The molecule has 0 N–H and O–H groups in total. The van der Waals surface area contributed by atoms with Crippen molar-refractivity contribution in [3.8, 4) is 0 Å². The van der Waals surface area contributed by atoms with E-state index in [1.54, 1.807) is 0 Å². The fourth-order valence-electron chi connectivity index (χ4n) is 3.54. The third-order valence-corrected chi connectivity index (χ3v) is 4.64. The van der Waals surface area contributed by atoms with Gasteiger partial charge in [-0.05, 0) is 55.3 Å². The Bertz CT molecular complexity index is 498. The Morgan fingerprint density at radius 2 is 2.10 bits per heavy atom. The third kappa shape index (κ3) is 2.73. The molecule has 1 heterocycles. The van der Waals surface area contributed by atoms with Crippen molar-refractivity contribution in [1.82, 2.24) is 4.90 Å². The molecule has 1 aliphatic heterocycles. The average molecular weight is 273 g/mol. The lowest BCUT2D eigenvalue weighted by atomic mass is 10.00. The fraction of sp³-hybridized carbons (Fsp3) is 0.588. The molecule has 1 unspecified atom stereocenters. The van der Waals surface area contributed by atoms with E-state index in [1.165, 1.54) is 49.5 Å². The van der Waals surface area contributed by atoms with Crippen LogP contribution < -0.4 is 0 Å². The van der Waals surface area contributed by atoms with Crippen LogP contribution in [0.15, 0.2) is 18.2 Å². The molecule has 0 radical (unpaired) electrons. The van der Waals surface area contributed by atoms with E-state index in [9.17, 15) is 4.79 Å². The number of methoxy groups -OCH3 is 1. The number of hydrogen-bond donors (Lipinski definition) is 0. The summed E-state index contributed by atoms with van der Waals surface area (Å²) in [6.07, 6.45) is 6.96. The summed E-state index contributed by atoms with van der Waals surface area (Å²) in [5, 5.41) is 0. The summed E-state index contributed by atoms with van der Waals surface area (Å²) >= 11 is 0. The highest BCUT2D eigenvalue weighted by atomic mass is 16.5. The van der Waals surface area contributed by atoms with E-state index in [4.69, 9.17) is 4.74 Å². The molecule has 3 rings (SSSR count). The second kappa shape index (κ2) is 5.96. The SMILES string of the molecule is COC(=O)C1CCCCN1Cc1ccc2c(c1)CCC2. The monoisotopic (exact) mass is 273 g/mol. The lowest BCUT2D eigenvalue weighted by Crippen LogP contribution is -2.44. The average Bonchev–Trinajstić information content (AvgIpc) is 2.94. The van der Waals surface area contributed by atoms with E-state index in [0.717, 1.165) is 25.9 Å². The number of carbonyl (C=O) groups is 1. The number of hydrogen-bond acceptors (Lipinski definition) is 3. The van der Waals surface area contributed by atoms with Gasteiger partial charge in [-0.25, -0.2) is 0 Å². The molecule has 1 atom stereocenters. The molecule has 1 aliphatic carbocycles. The summed E-state index contributed by atoms with van der Waals surface area (Å²) in [5.41, 5.74) is 4.35. The van der Waals surface area contributed by atoms with Crippen LogP contribution in [0.1, 0.15) is 42.4 Å². The van der Waals surface area contributed by atoms with Crippen LogP contribution in [-0.2, 0) is 28.9 Å². The number of rotatable bonds is 3. The predicted molar refractivity (Wildman–Crippen MR) is 78.5 cm³/mol. The molecule has 0 aromatic heterocycles. The zero-order valence-electron chi connectivity index (χ0n) is 12.2. The van der Waals surface area contributed by atoms with Gasteiger partial charge in [0.25, 0.3) is 0 Å². The van der Waals surface area contributed by atoms with Gasteiger partial charge in [0.15, 0.2) is 0 Å². The first-order valence-corrected chi connectivity index (χ1v) is 7.70. The van der Waals surface area contributed by atoms with Gasteiger partial charge in [0.1, 0.15) is 6.04 Å². The largest absolute Gasteiger partial charge is 0.468 e. The van der Waals surface area contributed by atoms with Gasteiger partial charge in [0.05, 0.1) is 7.11 Å². The van der Waals surface area contributed by atoms with Crippen molar-refractivity contribution in [3.63, 3.8) is 0 Å². The van der Waals surface area contributed by atoms with E-state index in [2.05, 4.69) is 23.1 Å². The molecule has 1 aromatic rings. The van der Waals surface area contributed by atoms with Crippen molar-refractivity contribution in [2.24, 2.45) is 0 Å². The first-order chi connectivity index (χ1) is 9.78. The van der Waals surface area contributed by atoms with Crippen LogP contribution in [0.25, 0.3) is 0 Å². The quantitative estimate of drug-likeness (QED) is 0.793. The van der Waals surface area contributed by atoms with E-state index in [1.807, 2.05) is 0 Å². The van der Waals surface area contributed by atoms with Gasteiger partial charge in [-0.15, -0.1) is 0 Å². The highest BCUT2D eigenvalue weighted by molar-refractivity contribution is 5.75. The van der Waals surface area contributed by atoms with Gasteiger partial charge in [-0.1, -0.05) is 24.6 Å². The number of aryl methyl sites for hydroxylation is 2. The van der Waals surface area contributed by atoms with Gasteiger partial charge in [-0.2, -0.15) is 0 Å². The summed E-state index contributed by atoms with van der Waals surface area (Å²) < 4.78 is 4.95. The Kier molecular flexibility index (Phi) is 4.06. The highest BCUT2D eigenvalue weighted by Crippen LogP contribution is 2.25. The van der Waals surface area contributed by atoms with Crippen molar-refractivity contribution in [2.45, 2.75) is 51.1 Å². The second-order valence-electron chi connectivity index (χ2n) is 5.96. The molecule has 3 nitrogen and oxygen atoms in total. The van der Waals surface area contributed by atoms with Gasteiger partial charge in [0.2, 0.25) is 0 Å². The van der Waals surface area contributed by atoms with Crippen molar-refractivity contribution in [2.75, 3.05) is 13.7 Å². The molecule has 3 heteroatoms. The summed E-state index contributed by atoms with van der Waals surface area (Å²) in [7, 11) is 1.49. The molecule has 1 aromatic carbocycles. The zero-order valence-corrected chi connectivity index (χ0v) is 12.2. The van der Waals surface area contributed by atoms with E-state index in [-0.39, 0.29) is 12.0 Å². The smallest absolute Gasteiger partial charge is 0.323 e. The summed E-state index contributed by atoms with van der Waals surface area (Å²) in [4.78, 5) is 14.2. The lowest BCUT2D eigenvalue weighted by molar-refractivity contribution is -0.148. The number of carbonyl (C=O) groups excluding carboxylic acids is 1. The fourth-order valence-corrected chi connectivity index (χ4v) is 3.54. The van der Waals surface area contributed by atoms with Crippen molar-refractivity contribution >= 4 is 5.97 Å². The molecular weight excluding hydrogens is 250 g/mol. The van der Waals surface area contributed by atoms with Gasteiger partial charge >= 0.3 is 5.97 Å². The predicted octanol–water partition coefficient (Wildman–Crippen LogP) is 2.70. The minimum absolute atomic E-state index is 0.0537. The normalized spacial score (nSPS) is 22.6. The molecule has 20 heavy (non-hydrogen) atoms. The highest BCUT2D eigenvalue weighted by Gasteiger charge is 2.29. The minimum Gasteiger partial charge on any atom is -0.468 e. The van der Waals surface area contributed by atoms with E-state index < -0.39 is 0 Å². The van der Waals surface area contributed by atoms with E-state index >= 15 is 0 Å². The van der Waals surface area contributed by atoms with Crippen molar-refractivity contribution in [3.05, 3.63) is 34.9 Å². The number of piperidine rings is 1. The maximum absolute atomic E-state index is 11.9. The van der Waals surface area contributed by atoms with Crippen LogP contribution in [0.2, 0.25) is 0 Å². The number of fused-ring (bicyclic) bond motifs is 1. The second-order valence-corrected chi connectivity index (χ2v) is 5.96. The minimum atomic E-state index is -0.0779. The first kappa shape index (κ1) is 13.6. The van der Waals surface area contributed by atoms with Gasteiger partial charge in [-0.3, -0.25) is 9.69 Å². The number of ether oxygens (including phenoxy) is 1. The van der Waals surface area contributed by atoms with Crippen LogP contribution in [0.5, 0.6) is 0 Å². The maximum atomic E-state index is 11.9. The van der Waals surface area contributed by atoms with Crippen LogP contribution in [-0.4, -0.2) is 30.6 Å². The third-order valence-electron chi connectivity index (χ3n) is 4.64. The maximum Gasteiger partial charge on any atom is 0.323 e. The molecule has 0 bridgehead atoms. The molecule has 1 fully saturated rings. The molecule has 108 valence electrons. The number of esters is 1.